The number of carbonyl (C=O) groups excluding carboxylic acids is 1. The number of hydrogen-bond acceptors (Lipinski definition) is 4. The lowest BCUT2D eigenvalue weighted by Gasteiger charge is -2.14. The predicted molar refractivity (Wildman–Crippen MR) is 100 cm³/mol. The van der Waals surface area contributed by atoms with Crippen molar-refractivity contribution in [3.8, 4) is 0 Å². The molecule has 128 valence electrons. The molecule has 0 aliphatic rings. The number of benzene rings is 1. The minimum absolute atomic E-state index is 0.00984. The summed E-state index contributed by atoms with van der Waals surface area (Å²) in [5.74, 6) is -0.196. The smallest absolute Gasteiger partial charge is 0.273 e. The van der Waals surface area contributed by atoms with Gasteiger partial charge < -0.3 is 5.32 Å². The van der Waals surface area contributed by atoms with Crippen LogP contribution >= 0.6 is 11.3 Å². The molecule has 0 aliphatic carbocycles. The van der Waals surface area contributed by atoms with E-state index in [0.717, 1.165) is 16.9 Å². The number of aromatic nitrogens is 3. The maximum Gasteiger partial charge on any atom is 0.273 e. The highest BCUT2D eigenvalue weighted by Gasteiger charge is 2.17. The fourth-order valence-corrected chi connectivity index (χ4v) is 3.31. The number of rotatable bonds is 7. The molecular formula is C19H20N4OS. The van der Waals surface area contributed by atoms with E-state index >= 15 is 0 Å². The number of thiophene rings is 1. The average Bonchev–Trinajstić information content (AvgIpc) is 3.32. The first-order valence-corrected chi connectivity index (χ1v) is 9.10. The number of nitrogens with one attached hydrogen (secondary N) is 1. The number of allylic oxidation sites excluding steroid dienone is 1. The summed E-state index contributed by atoms with van der Waals surface area (Å²) in [4.78, 5) is 13.5. The maximum absolute atomic E-state index is 12.4. The van der Waals surface area contributed by atoms with Crippen LogP contribution in [0.1, 0.15) is 40.3 Å². The second-order valence-corrected chi connectivity index (χ2v) is 6.57. The molecule has 1 atom stereocenters. The van der Waals surface area contributed by atoms with Crippen LogP contribution in [0.2, 0.25) is 0 Å². The molecule has 0 aliphatic heterocycles. The van der Waals surface area contributed by atoms with Gasteiger partial charge in [0.2, 0.25) is 0 Å². The van der Waals surface area contributed by atoms with Gasteiger partial charge in [-0.25, -0.2) is 4.68 Å². The number of carbonyl (C=O) groups is 1. The molecule has 0 unspecified atom stereocenters. The van der Waals surface area contributed by atoms with E-state index in [4.69, 9.17) is 0 Å². The minimum atomic E-state index is -0.196. The van der Waals surface area contributed by atoms with Crippen molar-refractivity contribution in [3.05, 3.63) is 76.3 Å². The molecule has 0 fully saturated rings. The first kappa shape index (κ1) is 17.1. The molecule has 1 amide bonds. The second kappa shape index (κ2) is 8.39. The molecule has 0 radical (unpaired) electrons. The van der Waals surface area contributed by atoms with Gasteiger partial charge in [-0.15, -0.1) is 16.4 Å². The van der Waals surface area contributed by atoms with Crippen molar-refractivity contribution in [2.45, 2.75) is 25.9 Å². The highest BCUT2D eigenvalue weighted by Crippen LogP contribution is 2.21. The van der Waals surface area contributed by atoms with Crippen molar-refractivity contribution in [2.75, 3.05) is 0 Å². The molecule has 0 bridgehead atoms. The lowest BCUT2D eigenvalue weighted by Crippen LogP contribution is -2.27. The number of hydrogen-bond donors (Lipinski definition) is 1. The van der Waals surface area contributed by atoms with Gasteiger partial charge in [-0.2, -0.15) is 0 Å². The van der Waals surface area contributed by atoms with E-state index in [9.17, 15) is 4.79 Å². The van der Waals surface area contributed by atoms with Crippen LogP contribution in [0.4, 0.5) is 0 Å². The average molecular weight is 352 g/mol. The molecule has 1 aromatic carbocycles. The van der Waals surface area contributed by atoms with Crippen molar-refractivity contribution in [2.24, 2.45) is 0 Å². The quantitative estimate of drug-likeness (QED) is 0.701. The molecule has 2 aromatic heterocycles. The Labute approximate surface area is 151 Å². The molecule has 0 spiro atoms. The molecule has 5 nitrogen and oxygen atoms in total. The largest absolute Gasteiger partial charge is 0.343 e. The van der Waals surface area contributed by atoms with E-state index in [-0.39, 0.29) is 11.9 Å². The van der Waals surface area contributed by atoms with Crippen molar-refractivity contribution < 1.29 is 4.79 Å². The molecule has 3 rings (SSSR count). The van der Waals surface area contributed by atoms with Crippen LogP contribution in [0, 0.1) is 0 Å². The fourth-order valence-electron chi connectivity index (χ4n) is 2.45. The van der Waals surface area contributed by atoms with E-state index < -0.39 is 0 Å². The summed E-state index contributed by atoms with van der Waals surface area (Å²) in [5.41, 5.74) is 1.46. The predicted octanol–water partition coefficient (Wildman–Crippen LogP) is 3.93. The van der Waals surface area contributed by atoms with Crippen LogP contribution in [0.15, 0.2) is 60.1 Å². The molecule has 2 heterocycles. The number of nitrogens with zero attached hydrogens (tertiary/aromatic N) is 3. The summed E-state index contributed by atoms with van der Waals surface area (Å²) in [5, 5.41) is 13.0. The van der Waals surface area contributed by atoms with Gasteiger partial charge >= 0.3 is 0 Å². The Kier molecular flexibility index (Phi) is 5.74. The van der Waals surface area contributed by atoms with Crippen molar-refractivity contribution >= 4 is 23.3 Å². The molecule has 1 N–H and O–H groups in total. The molecule has 0 saturated carbocycles. The number of amides is 1. The van der Waals surface area contributed by atoms with Gasteiger partial charge in [-0.1, -0.05) is 60.7 Å². The second-order valence-electron chi connectivity index (χ2n) is 5.59. The monoisotopic (exact) mass is 352 g/mol. The molecule has 6 heteroatoms. The lowest BCUT2D eigenvalue weighted by atomic mass is 10.2. The first-order chi connectivity index (χ1) is 12.3. The molecule has 3 aromatic rings. The molecule has 0 saturated heterocycles. The third-order valence-corrected chi connectivity index (χ3v) is 4.76. The van der Waals surface area contributed by atoms with Crippen LogP contribution in [0.25, 0.3) is 6.08 Å². The summed E-state index contributed by atoms with van der Waals surface area (Å²) in [7, 11) is 0. The Morgan fingerprint density at radius 3 is 2.84 bits per heavy atom. The lowest BCUT2D eigenvalue weighted by molar-refractivity contribution is 0.0931. The van der Waals surface area contributed by atoms with Gasteiger partial charge in [0.1, 0.15) is 0 Å². The van der Waals surface area contributed by atoms with Crippen LogP contribution in [0.3, 0.4) is 0 Å². The Morgan fingerprint density at radius 1 is 1.28 bits per heavy atom. The van der Waals surface area contributed by atoms with Crippen LogP contribution in [-0.4, -0.2) is 20.9 Å². The zero-order chi connectivity index (χ0) is 17.5. The summed E-state index contributed by atoms with van der Waals surface area (Å²) in [6.07, 6.45) is 6.52. The third-order valence-electron chi connectivity index (χ3n) is 3.77. The maximum atomic E-state index is 12.4. The summed E-state index contributed by atoms with van der Waals surface area (Å²) >= 11 is 1.64. The third kappa shape index (κ3) is 4.64. The van der Waals surface area contributed by atoms with E-state index in [0.29, 0.717) is 12.2 Å². The van der Waals surface area contributed by atoms with E-state index in [1.165, 1.54) is 0 Å². The van der Waals surface area contributed by atoms with Gasteiger partial charge in [0.25, 0.3) is 5.91 Å². The standard InChI is InChI=1S/C19H20N4OS/c1-2-16(18-11-7-13-25-18)20-19(24)17-14-23(22-21-17)12-6-10-15-8-4-3-5-9-15/h3-11,13-14,16H,2,12H2,1H3,(H,20,24)/b10-6+/t16-/m0/s1. The van der Waals surface area contributed by atoms with Crippen LogP contribution in [0.5, 0.6) is 0 Å². The highest BCUT2D eigenvalue weighted by atomic mass is 32.1. The summed E-state index contributed by atoms with van der Waals surface area (Å²) < 4.78 is 1.65. The van der Waals surface area contributed by atoms with Crippen LogP contribution < -0.4 is 5.32 Å². The van der Waals surface area contributed by atoms with E-state index in [1.807, 2.05) is 60.0 Å². The summed E-state index contributed by atoms with van der Waals surface area (Å²) in [6, 6.07) is 14.1. The van der Waals surface area contributed by atoms with Crippen molar-refractivity contribution in [3.63, 3.8) is 0 Å². The Balaban J connectivity index is 1.59. The zero-order valence-electron chi connectivity index (χ0n) is 14.0. The van der Waals surface area contributed by atoms with Crippen molar-refractivity contribution in [1.29, 1.82) is 0 Å². The van der Waals surface area contributed by atoms with E-state index in [2.05, 4.69) is 22.6 Å². The topological polar surface area (TPSA) is 59.8 Å². The Morgan fingerprint density at radius 2 is 2.12 bits per heavy atom. The van der Waals surface area contributed by atoms with Gasteiger partial charge in [0, 0.05) is 4.88 Å². The fraction of sp³-hybridized carbons (Fsp3) is 0.211. The minimum Gasteiger partial charge on any atom is -0.343 e. The zero-order valence-corrected chi connectivity index (χ0v) is 14.8. The SMILES string of the molecule is CC[C@H](NC(=O)c1cn(C/C=C/c2ccccc2)nn1)c1cccs1. The van der Waals surface area contributed by atoms with E-state index in [1.54, 1.807) is 22.2 Å². The van der Waals surface area contributed by atoms with Gasteiger partial charge in [0.15, 0.2) is 5.69 Å². The van der Waals surface area contributed by atoms with Gasteiger partial charge in [-0.3, -0.25) is 4.79 Å². The molecule has 25 heavy (non-hydrogen) atoms. The first-order valence-electron chi connectivity index (χ1n) is 8.22. The van der Waals surface area contributed by atoms with Crippen molar-refractivity contribution in [1.82, 2.24) is 20.3 Å². The Hall–Kier alpha value is -2.73. The van der Waals surface area contributed by atoms with Gasteiger partial charge in [0.05, 0.1) is 18.8 Å². The van der Waals surface area contributed by atoms with Gasteiger partial charge in [-0.05, 0) is 23.4 Å². The normalized spacial score (nSPS) is 12.4. The van der Waals surface area contributed by atoms with Crippen LogP contribution in [-0.2, 0) is 6.54 Å². The Bertz CT molecular complexity index is 824. The highest BCUT2D eigenvalue weighted by molar-refractivity contribution is 7.10. The molecular weight excluding hydrogens is 332 g/mol. The summed E-state index contributed by atoms with van der Waals surface area (Å²) in [6.45, 7) is 2.62.